The van der Waals surface area contributed by atoms with E-state index in [1.54, 1.807) is 4.57 Å². The molecule has 0 aliphatic carbocycles. The lowest BCUT2D eigenvalue weighted by molar-refractivity contribution is -0.140. The van der Waals surface area contributed by atoms with Crippen molar-refractivity contribution in [3.05, 3.63) is 70.2 Å². The van der Waals surface area contributed by atoms with Gasteiger partial charge in [-0.25, -0.2) is 19.6 Å². The van der Waals surface area contributed by atoms with Crippen molar-refractivity contribution >= 4 is 40.1 Å². The van der Waals surface area contributed by atoms with E-state index >= 15 is 0 Å². The summed E-state index contributed by atoms with van der Waals surface area (Å²) >= 11 is 0.739. The number of likely N-dealkylation sites (N-methyl/N-ethyl adjacent to an activating group) is 1. The van der Waals surface area contributed by atoms with Crippen LogP contribution < -0.4 is 16.1 Å². The lowest BCUT2D eigenvalue weighted by Gasteiger charge is -2.25. The topological polar surface area (TPSA) is 142 Å². The molecule has 0 radical (unpaired) electrons. The van der Waals surface area contributed by atoms with E-state index in [1.165, 1.54) is 36.8 Å². The number of alkyl halides is 3. The summed E-state index contributed by atoms with van der Waals surface area (Å²) in [4.78, 5) is 52.4. The molecule has 4 aromatic heterocycles. The van der Waals surface area contributed by atoms with Crippen LogP contribution in [0, 0.1) is 0 Å². The number of carbonyl (C=O) groups excluding carboxylic acids is 1. The molecule has 230 valence electrons. The van der Waals surface area contributed by atoms with Gasteiger partial charge < -0.3 is 15.0 Å². The van der Waals surface area contributed by atoms with Crippen LogP contribution in [0.2, 0.25) is 0 Å². The Balaban J connectivity index is 1.64. The average Bonchev–Trinajstić information content (AvgIpc) is 3.67. The maximum atomic E-state index is 13.4. The Morgan fingerprint density at radius 3 is 2.70 bits per heavy atom. The van der Waals surface area contributed by atoms with Crippen molar-refractivity contribution in [1.29, 1.82) is 0 Å². The normalized spacial score (nSPS) is 15.4. The number of fused-ring (bicyclic) bond motifs is 1. The standard InChI is InChI=1S/C29H28F3N7O4S/c1-3-7-33-28(43)37-24-10-17(26-36-23(15-44-26)29(30,31)32)19(11-35-24)21-9-18-22(12-34-21)39(14-20(25(18)40)27(41)42)13-16-6-5-8-38(16)4-2/h3,9-12,14-16H,1,4-8,13H2,2H3,(H,41,42)(H2,33,35,37,43). The van der Waals surface area contributed by atoms with Crippen molar-refractivity contribution in [3.8, 4) is 21.8 Å². The molecule has 1 atom stereocenters. The molecular weight excluding hydrogens is 599 g/mol. The van der Waals surface area contributed by atoms with E-state index in [-0.39, 0.29) is 45.6 Å². The fourth-order valence-electron chi connectivity index (χ4n) is 5.24. The molecule has 1 aliphatic rings. The number of thiazole rings is 1. The molecule has 1 saturated heterocycles. The number of amides is 2. The van der Waals surface area contributed by atoms with E-state index in [4.69, 9.17) is 0 Å². The van der Waals surface area contributed by atoms with Crippen molar-refractivity contribution in [2.75, 3.05) is 25.0 Å². The number of nitrogens with zero attached hydrogens (tertiary/aromatic N) is 5. The highest BCUT2D eigenvalue weighted by Crippen LogP contribution is 2.38. The third-order valence-electron chi connectivity index (χ3n) is 7.36. The largest absolute Gasteiger partial charge is 0.477 e. The van der Waals surface area contributed by atoms with Crippen LogP contribution >= 0.6 is 11.3 Å². The van der Waals surface area contributed by atoms with E-state index < -0.39 is 34.9 Å². The van der Waals surface area contributed by atoms with Crippen molar-refractivity contribution < 1.29 is 27.9 Å². The zero-order chi connectivity index (χ0) is 31.6. The van der Waals surface area contributed by atoms with Gasteiger partial charge in [-0.05, 0) is 38.1 Å². The minimum absolute atomic E-state index is 0.0243. The summed E-state index contributed by atoms with van der Waals surface area (Å²) < 4.78 is 42.0. The van der Waals surface area contributed by atoms with Gasteiger partial charge in [0.05, 0.1) is 22.8 Å². The summed E-state index contributed by atoms with van der Waals surface area (Å²) in [5.74, 6) is -1.35. The zero-order valence-electron chi connectivity index (χ0n) is 23.5. The van der Waals surface area contributed by atoms with Gasteiger partial charge in [-0.15, -0.1) is 17.9 Å². The maximum absolute atomic E-state index is 13.4. The van der Waals surface area contributed by atoms with Crippen molar-refractivity contribution in [3.63, 3.8) is 0 Å². The van der Waals surface area contributed by atoms with Crippen molar-refractivity contribution in [2.24, 2.45) is 0 Å². The average molecular weight is 628 g/mol. The molecule has 11 nitrogen and oxygen atoms in total. The Bertz CT molecular complexity index is 1800. The summed E-state index contributed by atoms with van der Waals surface area (Å²) in [5.41, 5.74) is -1.23. The van der Waals surface area contributed by atoms with Crippen LogP contribution in [0.4, 0.5) is 23.8 Å². The molecule has 5 heterocycles. The number of carboxylic acids is 1. The summed E-state index contributed by atoms with van der Waals surface area (Å²) in [6, 6.07) is 2.31. The van der Waals surface area contributed by atoms with Gasteiger partial charge >= 0.3 is 18.2 Å². The molecular formula is C29H28F3N7O4S. The molecule has 0 bridgehead atoms. The molecule has 0 spiro atoms. The van der Waals surface area contributed by atoms with Crippen LogP contribution in [0.3, 0.4) is 0 Å². The number of urea groups is 1. The SMILES string of the molecule is C=CCNC(=O)Nc1cc(-c2nc(C(F)(F)F)cs2)c(-c2cc3c(=O)c(C(=O)O)cn(CC4CCCN4CC)c3cn2)cn1. The molecule has 3 N–H and O–H groups in total. The second-order valence-corrected chi connectivity index (χ2v) is 11.0. The van der Waals surface area contributed by atoms with Gasteiger partial charge in [0.1, 0.15) is 16.4 Å². The highest BCUT2D eigenvalue weighted by Gasteiger charge is 2.34. The van der Waals surface area contributed by atoms with Crippen molar-refractivity contribution in [2.45, 2.75) is 38.5 Å². The lowest BCUT2D eigenvalue weighted by atomic mass is 10.0. The van der Waals surface area contributed by atoms with Gasteiger partial charge in [0.25, 0.3) is 0 Å². The molecule has 44 heavy (non-hydrogen) atoms. The van der Waals surface area contributed by atoms with Gasteiger partial charge in [-0.1, -0.05) is 13.0 Å². The van der Waals surface area contributed by atoms with Gasteiger partial charge in [0, 0.05) is 48.0 Å². The number of rotatable bonds is 9. The summed E-state index contributed by atoms with van der Waals surface area (Å²) in [5, 5.41) is 15.8. The Labute approximate surface area is 253 Å². The highest BCUT2D eigenvalue weighted by molar-refractivity contribution is 7.13. The van der Waals surface area contributed by atoms with E-state index in [1.807, 2.05) is 0 Å². The highest BCUT2D eigenvalue weighted by atomic mass is 32.1. The molecule has 2 amide bonds. The van der Waals surface area contributed by atoms with Crippen molar-refractivity contribution in [1.82, 2.24) is 29.7 Å². The Morgan fingerprint density at radius 2 is 2.02 bits per heavy atom. The monoisotopic (exact) mass is 627 g/mol. The number of halogens is 3. The second kappa shape index (κ2) is 12.5. The number of anilines is 1. The number of pyridine rings is 3. The minimum Gasteiger partial charge on any atom is -0.477 e. The number of hydrogen-bond acceptors (Lipinski definition) is 8. The summed E-state index contributed by atoms with van der Waals surface area (Å²) in [6.07, 6.45) is 2.80. The van der Waals surface area contributed by atoms with Crippen LogP contribution in [-0.4, -0.2) is 67.2 Å². The number of likely N-dealkylation sites (tertiary alicyclic amines) is 1. The lowest BCUT2D eigenvalue weighted by Crippen LogP contribution is -2.33. The van der Waals surface area contributed by atoms with Crippen LogP contribution in [-0.2, 0) is 12.7 Å². The van der Waals surface area contributed by atoms with Gasteiger partial charge in [0.15, 0.2) is 5.69 Å². The fraction of sp³-hybridized carbons (Fsp3) is 0.310. The molecule has 5 rings (SSSR count). The van der Waals surface area contributed by atoms with E-state index in [9.17, 15) is 32.7 Å². The fourth-order valence-corrected chi connectivity index (χ4v) is 6.10. The molecule has 0 aromatic carbocycles. The number of hydrogen-bond donors (Lipinski definition) is 3. The van der Waals surface area contributed by atoms with Gasteiger partial charge in [0.2, 0.25) is 5.43 Å². The third kappa shape index (κ3) is 6.33. The van der Waals surface area contributed by atoms with Gasteiger partial charge in [-0.2, -0.15) is 13.2 Å². The first-order valence-electron chi connectivity index (χ1n) is 13.7. The first kappa shape index (κ1) is 30.8. The number of aromatic carboxylic acids is 1. The number of nitrogens with one attached hydrogen (secondary N) is 2. The van der Waals surface area contributed by atoms with E-state index in [2.05, 4.69) is 44.0 Å². The van der Waals surface area contributed by atoms with Crippen LogP contribution in [0.1, 0.15) is 35.8 Å². The van der Waals surface area contributed by atoms with E-state index in [0.29, 0.717) is 12.1 Å². The smallest absolute Gasteiger partial charge is 0.434 e. The van der Waals surface area contributed by atoms with Crippen LogP contribution in [0.15, 0.2) is 53.6 Å². The molecule has 4 aromatic rings. The maximum Gasteiger partial charge on any atom is 0.434 e. The van der Waals surface area contributed by atoms with Crippen LogP contribution in [0.25, 0.3) is 32.7 Å². The molecule has 1 fully saturated rings. The zero-order valence-corrected chi connectivity index (χ0v) is 24.3. The van der Waals surface area contributed by atoms with Crippen LogP contribution in [0.5, 0.6) is 0 Å². The second-order valence-electron chi connectivity index (χ2n) is 10.1. The molecule has 1 aliphatic heterocycles. The summed E-state index contributed by atoms with van der Waals surface area (Å²) in [7, 11) is 0. The van der Waals surface area contributed by atoms with Gasteiger partial charge in [-0.3, -0.25) is 20.0 Å². The third-order valence-corrected chi connectivity index (χ3v) is 8.24. The predicted octanol–water partition coefficient (Wildman–Crippen LogP) is 5.09. The molecule has 0 saturated carbocycles. The minimum atomic E-state index is -4.68. The predicted molar refractivity (Wildman–Crippen MR) is 160 cm³/mol. The first-order valence-corrected chi connectivity index (χ1v) is 14.6. The Hall–Kier alpha value is -4.63. The van der Waals surface area contributed by atoms with E-state index in [0.717, 1.165) is 42.6 Å². The first-order chi connectivity index (χ1) is 21.0. The molecule has 1 unspecified atom stereocenters. The Morgan fingerprint density at radius 1 is 1.23 bits per heavy atom. The number of carbonyl (C=O) groups is 2. The quantitative estimate of drug-likeness (QED) is 0.218. The summed E-state index contributed by atoms with van der Waals surface area (Å²) in [6.45, 7) is 7.96. The number of aromatic nitrogens is 4. The number of carboxylic acid groups (broad SMARTS) is 1. The molecule has 15 heteroatoms. The Kier molecular flexibility index (Phi) is 8.78.